The lowest BCUT2D eigenvalue weighted by atomic mass is 9.91. The van der Waals surface area contributed by atoms with Gasteiger partial charge in [-0.25, -0.2) is 0 Å². The lowest BCUT2D eigenvalue weighted by Crippen LogP contribution is -2.55. The van der Waals surface area contributed by atoms with Gasteiger partial charge in [-0.1, -0.05) is 0 Å². The highest BCUT2D eigenvalue weighted by molar-refractivity contribution is 5.78. The Kier molecular flexibility index (Phi) is 5.36. The molecule has 1 amide bonds. The highest BCUT2D eigenvalue weighted by Crippen LogP contribution is 2.20. The number of aliphatic hydroxyl groups is 1. The average Bonchev–Trinajstić information content (AvgIpc) is 2.28. The predicted octanol–water partition coefficient (Wildman–Crippen LogP) is 0.223. The third-order valence-corrected chi connectivity index (χ3v) is 2.66. The van der Waals surface area contributed by atoms with E-state index in [-0.39, 0.29) is 6.61 Å². The summed E-state index contributed by atoms with van der Waals surface area (Å²) in [5, 5.41) is 11.8. The van der Waals surface area contributed by atoms with Crippen molar-refractivity contribution in [2.45, 2.75) is 24.6 Å². The molecule has 1 aliphatic heterocycles. The molecule has 0 unspecified atom stereocenters. The van der Waals surface area contributed by atoms with Gasteiger partial charge in [0.2, 0.25) is 5.91 Å². The fourth-order valence-corrected chi connectivity index (χ4v) is 1.68. The molecule has 5 nitrogen and oxygen atoms in total. The molecule has 1 saturated heterocycles. The number of ether oxygens (including phenoxy) is 2. The van der Waals surface area contributed by atoms with Gasteiger partial charge in [0, 0.05) is 13.2 Å². The maximum Gasteiger partial charge on any atom is 0.411 e. The maximum absolute atomic E-state index is 11.8. The lowest BCUT2D eigenvalue weighted by molar-refractivity contribution is -0.176. The Labute approximate surface area is 102 Å². The molecular weight excluding hydrogens is 255 g/mol. The van der Waals surface area contributed by atoms with Crippen molar-refractivity contribution in [3.8, 4) is 0 Å². The number of aliphatic hydroxyl groups excluding tert-OH is 1. The van der Waals surface area contributed by atoms with Crippen molar-refractivity contribution in [3.63, 3.8) is 0 Å². The molecule has 106 valence electrons. The van der Waals surface area contributed by atoms with E-state index in [1.165, 1.54) is 0 Å². The van der Waals surface area contributed by atoms with E-state index in [0.29, 0.717) is 26.1 Å². The SMILES string of the molecule is O=C(COCC(F)(F)F)NC1(CO)CCOCC1. The van der Waals surface area contributed by atoms with Crippen molar-refractivity contribution in [2.75, 3.05) is 33.0 Å². The summed E-state index contributed by atoms with van der Waals surface area (Å²) in [6.45, 7) is -1.63. The van der Waals surface area contributed by atoms with Crippen LogP contribution in [0.1, 0.15) is 12.8 Å². The number of hydrogen-bond acceptors (Lipinski definition) is 4. The van der Waals surface area contributed by atoms with Crippen LogP contribution in [0, 0.1) is 0 Å². The first-order valence-electron chi connectivity index (χ1n) is 5.51. The Hall–Kier alpha value is -0.860. The summed E-state index contributed by atoms with van der Waals surface area (Å²) in [7, 11) is 0. The van der Waals surface area contributed by atoms with Crippen LogP contribution in [0.15, 0.2) is 0 Å². The number of amides is 1. The molecule has 1 fully saturated rings. The van der Waals surface area contributed by atoms with Crippen molar-refractivity contribution in [2.24, 2.45) is 0 Å². The molecular formula is C10H16F3NO4. The Morgan fingerprint density at radius 1 is 1.39 bits per heavy atom. The van der Waals surface area contributed by atoms with Crippen LogP contribution in [0.5, 0.6) is 0 Å². The number of carbonyl (C=O) groups is 1. The number of carbonyl (C=O) groups excluding carboxylic acids is 1. The quantitative estimate of drug-likeness (QED) is 0.751. The molecule has 1 heterocycles. The highest BCUT2D eigenvalue weighted by Gasteiger charge is 2.34. The van der Waals surface area contributed by atoms with E-state index in [4.69, 9.17) is 4.74 Å². The molecule has 0 aromatic rings. The topological polar surface area (TPSA) is 67.8 Å². The summed E-state index contributed by atoms with van der Waals surface area (Å²) >= 11 is 0. The summed E-state index contributed by atoms with van der Waals surface area (Å²) in [6.07, 6.45) is -3.60. The normalized spacial score (nSPS) is 19.6. The highest BCUT2D eigenvalue weighted by atomic mass is 19.4. The van der Waals surface area contributed by atoms with Gasteiger partial charge in [0.15, 0.2) is 0 Å². The first kappa shape index (κ1) is 15.2. The standard InChI is InChI=1S/C10H16F3NO4/c11-10(12,13)7-18-5-8(16)14-9(6-15)1-3-17-4-2-9/h15H,1-7H2,(H,14,16). The van der Waals surface area contributed by atoms with Crippen molar-refractivity contribution < 1.29 is 32.5 Å². The van der Waals surface area contributed by atoms with Gasteiger partial charge in [-0.2, -0.15) is 13.2 Å². The molecule has 18 heavy (non-hydrogen) atoms. The number of alkyl halides is 3. The third-order valence-electron chi connectivity index (χ3n) is 2.66. The van der Waals surface area contributed by atoms with Crippen LogP contribution in [0.4, 0.5) is 13.2 Å². The Morgan fingerprint density at radius 2 is 2.00 bits per heavy atom. The second kappa shape index (κ2) is 6.35. The minimum atomic E-state index is -4.45. The average molecular weight is 271 g/mol. The lowest BCUT2D eigenvalue weighted by Gasteiger charge is -2.36. The fraction of sp³-hybridized carbons (Fsp3) is 0.900. The van der Waals surface area contributed by atoms with Gasteiger partial charge in [0.25, 0.3) is 0 Å². The van der Waals surface area contributed by atoms with Crippen LogP contribution in [0.25, 0.3) is 0 Å². The van der Waals surface area contributed by atoms with Gasteiger partial charge >= 0.3 is 6.18 Å². The summed E-state index contributed by atoms with van der Waals surface area (Å²) in [5.74, 6) is -0.671. The number of rotatable bonds is 5. The zero-order valence-corrected chi connectivity index (χ0v) is 9.76. The van der Waals surface area contributed by atoms with Gasteiger partial charge in [-0.3, -0.25) is 4.79 Å². The summed E-state index contributed by atoms with van der Waals surface area (Å²) in [4.78, 5) is 11.4. The van der Waals surface area contributed by atoms with E-state index >= 15 is 0 Å². The van der Waals surface area contributed by atoms with Gasteiger partial charge in [-0.15, -0.1) is 0 Å². The van der Waals surface area contributed by atoms with E-state index in [9.17, 15) is 23.1 Å². The molecule has 0 radical (unpaired) electrons. The smallest absolute Gasteiger partial charge is 0.394 e. The first-order valence-corrected chi connectivity index (χ1v) is 5.51. The maximum atomic E-state index is 11.8. The Balaban J connectivity index is 2.33. The van der Waals surface area contributed by atoms with Crippen molar-refractivity contribution in [1.82, 2.24) is 5.32 Å². The number of hydrogen-bond donors (Lipinski definition) is 2. The summed E-state index contributed by atoms with van der Waals surface area (Å²) in [5.41, 5.74) is -0.809. The minimum absolute atomic E-state index is 0.276. The molecule has 1 rings (SSSR count). The third kappa shape index (κ3) is 5.19. The van der Waals surface area contributed by atoms with E-state index in [0.717, 1.165) is 0 Å². The predicted molar refractivity (Wildman–Crippen MR) is 54.9 cm³/mol. The Bertz CT molecular complexity index is 277. The largest absolute Gasteiger partial charge is 0.411 e. The van der Waals surface area contributed by atoms with Gasteiger partial charge in [-0.05, 0) is 12.8 Å². The molecule has 0 atom stereocenters. The molecule has 1 aliphatic rings. The van der Waals surface area contributed by atoms with E-state index in [2.05, 4.69) is 10.1 Å². The molecule has 0 bridgehead atoms. The van der Waals surface area contributed by atoms with E-state index < -0.39 is 30.8 Å². The monoisotopic (exact) mass is 271 g/mol. The molecule has 0 aliphatic carbocycles. The van der Waals surface area contributed by atoms with Crippen LogP contribution in [-0.4, -0.2) is 55.8 Å². The van der Waals surface area contributed by atoms with Crippen LogP contribution in [0.2, 0.25) is 0 Å². The van der Waals surface area contributed by atoms with Gasteiger partial charge < -0.3 is 19.9 Å². The zero-order valence-electron chi connectivity index (χ0n) is 9.76. The molecule has 0 spiro atoms. The van der Waals surface area contributed by atoms with Crippen LogP contribution < -0.4 is 5.32 Å². The van der Waals surface area contributed by atoms with Crippen LogP contribution in [-0.2, 0) is 14.3 Å². The number of nitrogens with one attached hydrogen (secondary N) is 1. The second-order valence-electron chi connectivity index (χ2n) is 4.21. The van der Waals surface area contributed by atoms with Crippen molar-refractivity contribution >= 4 is 5.91 Å². The second-order valence-corrected chi connectivity index (χ2v) is 4.21. The van der Waals surface area contributed by atoms with Gasteiger partial charge in [0.1, 0.15) is 13.2 Å². The zero-order chi connectivity index (χ0) is 13.6. The van der Waals surface area contributed by atoms with E-state index in [1.807, 2.05) is 0 Å². The number of halogens is 3. The van der Waals surface area contributed by atoms with Crippen LogP contribution >= 0.6 is 0 Å². The Morgan fingerprint density at radius 3 is 2.50 bits per heavy atom. The molecule has 0 aromatic heterocycles. The molecule has 8 heteroatoms. The fourth-order valence-electron chi connectivity index (χ4n) is 1.68. The van der Waals surface area contributed by atoms with E-state index in [1.54, 1.807) is 0 Å². The van der Waals surface area contributed by atoms with Crippen molar-refractivity contribution in [1.29, 1.82) is 0 Å². The molecule has 2 N–H and O–H groups in total. The minimum Gasteiger partial charge on any atom is -0.394 e. The first-order chi connectivity index (χ1) is 8.37. The molecule has 0 saturated carbocycles. The van der Waals surface area contributed by atoms with Crippen LogP contribution in [0.3, 0.4) is 0 Å². The van der Waals surface area contributed by atoms with Crippen molar-refractivity contribution in [3.05, 3.63) is 0 Å². The summed E-state index contributed by atoms with van der Waals surface area (Å²) in [6, 6.07) is 0. The summed E-state index contributed by atoms with van der Waals surface area (Å²) < 4.78 is 44.7. The molecule has 0 aromatic carbocycles. The van der Waals surface area contributed by atoms with Gasteiger partial charge in [0.05, 0.1) is 12.1 Å².